The molecule has 0 spiro atoms. The highest BCUT2D eigenvalue weighted by Gasteiger charge is 2.23. The fraction of sp³-hybridized carbons (Fsp3) is 0.417. The van der Waals surface area contributed by atoms with Gasteiger partial charge in [0.15, 0.2) is 0 Å². The number of carboxylic acids is 1. The van der Waals surface area contributed by atoms with Crippen LogP contribution in [-0.4, -0.2) is 27.7 Å². The number of carbonyl (C=O) groups is 2. The number of aromatic carboxylic acids is 1. The van der Waals surface area contributed by atoms with Gasteiger partial charge in [-0.3, -0.25) is 4.90 Å². The first-order valence-electron chi connectivity index (χ1n) is 9.75. The van der Waals surface area contributed by atoms with Crippen LogP contribution in [0.25, 0.3) is 0 Å². The first-order valence-corrected chi connectivity index (χ1v) is 9.75. The smallest absolute Gasteiger partial charge is 0.410 e. The molecule has 5 nitrogen and oxygen atoms in total. The van der Waals surface area contributed by atoms with Crippen LogP contribution in [0.15, 0.2) is 48.5 Å². The van der Waals surface area contributed by atoms with Crippen molar-refractivity contribution >= 4 is 12.1 Å². The lowest BCUT2D eigenvalue weighted by Gasteiger charge is -2.28. The lowest BCUT2D eigenvalue weighted by atomic mass is 9.87. The normalized spacial score (nSPS) is 11.8. The van der Waals surface area contributed by atoms with Crippen molar-refractivity contribution in [3.05, 3.63) is 70.8 Å². The van der Waals surface area contributed by atoms with Crippen LogP contribution in [0.5, 0.6) is 0 Å². The van der Waals surface area contributed by atoms with Crippen LogP contribution in [0.1, 0.15) is 68.6 Å². The molecule has 29 heavy (non-hydrogen) atoms. The molecule has 0 aromatic heterocycles. The third-order valence-electron chi connectivity index (χ3n) is 4.42. The van der Waals surface area contributed by atoms with Crippen molar-refractivity contribution in [1.29, 1.82) is 0 Å². The Labute approximate surface area is 173 Å². The molecule has 5 heteroatoms. The Hall–Kier alpha value is -2.82. The number of carbonyl (C=O) groups excluding carboxylic acids is 1. The molecule has 0 heterocycles. The van der Waals surface area contributed by atoms with Gasteiger partial charge < -0.3 is 9.84 Å². The molecule has 1 amide bonds. The maximum absolute atomic E-state index is 12.8. The van der Waals surface area contributed by atoms with Crippen LogP contribution >= 0.6 is 0 Å². The molecule has 156 valence electrons. The molecule has 0 saturated carbocycles. The average Bonchev–Trinajstić information content (AvgIpc) is 2.60. The second kappa shape index (κ2) is 8.68. The van der Waals surface area contributed by atoms with E-state index in [9.17, 15) is 9.59 Å². The monoisotopic (exact) mass is 397 g/mol. The maximum atomic E-state index is 12.8. The molecule has 0 aliphatic heterocycles. The van der Waals surface area contributed by atoms with Crippen LogP contribution in [0.3, 0.4) is 0 Å². The molecule has 0 atom stereocenters. The highest BCUT2D eigenvalue weighted by Crippen LogP contribution is 2.23. The minimum Gasteiger partial charge on any atom is -0.478 e. The predicted octanol–water partition coefficient (Wildman–Crippen LogP) is 5.62. The Morgan fingerprint density at radius 3 is 1.66 bits per heavy atom. The second-order valence-corrected chi connectivity index (χ2v) is 9.29. The van der Waals surface area contributed by atoms with Gasteiger partial charge in [0, 0.05) is 13.1 Å². The maximum Gasteiger partial charge on any atom is 0.410 e. The van der Waals surface area contributed by atoms with Gasteiger partial charge in [0.25, 0.3) is 0 Å². The van der Waals surface area contributed by atoms with Crippen LogP contribution in [0.2, 0.25) is 0 Å². The standard InChI is InChI=1S/C24H31NO4/c1-23(2,3)20-13-9-18(10-14-20)16-25(22(28)29-24(4,5)6)15-17-7-11-19(12-8-17)21(26)27/h7-14H,15-16H2,1-6H3,(H,26,27). The first kappa shape index (κ1) is 22.5. The average molecular weight is 398 g/mol. The summed E-state index contributed by atoms with van der Waals surface area (Å²) >= 11 is 0. The minimum atomic E-state index is -0.973. The number of amides is 1. The summed E-state index contributed by atoms with van der Waals surface area (Å²) in [6, 6.07) is 14.8. The van der Waals surface area contributed by atoms with Gasteiger partial charge in [-0.05, 0) is 55.0 Å². The zero-order chi connectivity index (χ0) is 21.8. The number of benzene rings is 2. The predicted molar refractivity (Wildman–Crippen MR) is 114 cm³/mol. The number of ether oxygens (including phenoxy) is 1. The van der Waals surface area contributed by atoms with Gasteiger partial charge in [0.05, 0.1) is 5.56 Å². The molecule has 0 bridgehead atoms. The van der Waals surface area contributed by atoms with Gasteiger partial charge in [-0.2, -0.15) is 0 Å². The van der Waals surface area contributed by atoms with E-state index in [4.69, 9.17) is 9.84 Å². The van der Waals surface area contributed by atoms with Gasteiger partial charge in [-0.15, -0.1) is 0 Å². The number of hydrogen-bond acceptors (Lipinski definition) is 3. The highest BCUT2D eigenvalue weighted by atomic mass is 16.6. The van der Waals surface area contributed by atoms with Crippen molar-refractivity contribution in [1.82, 2.24) is 4.90 Å². The van der Waals surface area contributed by atoms with Crippen molar-refractivity contribution in [3.8, 4) is 0 Å². The van der Waals surface area contributed by atoms with Crippen LogP contribution in [0, 0.1) is 0 Å². The van der Waals surface area contributed by atoms with E-state index >= 15 is 0 Å². The van der Waals surface area contributed by atoms with Crippen molar-refractivity contribution in [3.63, 3.8) is 0 Å². The lowest BCUT2D eigenvalue weighted by molar-refractivity contribution is 0.0216. The zero-order valence-corrected chi connectivity index (χ0v) is 18.2. The van der Waals surface area contributed by atoms with Gasteiger partial charge >= 0.3 is 12.1 Å². The number of nitrogens with zero attached hydrogens (tertiary/aromatic N) is 1. The van der Waals surface area contributed by atoms with Gasteiger partial charge in [0.1, 0.15) is 5.60 Å². The number of rotatable bonds is 5. The van der Waals surface area contributed by atoms with Crippen LogP contribution in [0.4, 0.5) is 4.79 Å². The van der Waals surface area contributed by atoms with Gasteiger partial charge in [-0.25, -0.2) is 9.59 Å². The molecule has 2 rings (SSSR count). The van der Waals surface area contributed by atoms with Crippen molar-refractivity contribution in [2.75, 3.05) is 0 Å². The quantitative estimate of drug-likeness (QED) is 0.711. The minimum absolute atomic E-state index is 0.0648. The summed E-state index contributed by atoms with van der Waals surface area (Å²) in [5.41, 5.74) is 2.76. The fourth-order valence-corrected chi connectivity index (χ4v) is 2.82. The summed E-state index contributed by atoms with van der Waals surface area (Å²) in [5, 5.41) is 9.06. The van der Waals surface area contributed by atoms with E-state index in [0.717, 1.165) is 11.1 Å². The Morgan fingerprint density at radius 2 is 1.28 bits per heavy atom. The summed E-state index contributed by atoms with van der Waals surface area (Å²) in [5.74, 6) is -0.973. The Kier molecular flexibility index (Phi) is 6.73. The topological polar surface area (TPSA) is 66.8 Å². The van der Waals surface area contributed by atoms with Crippen molar-refractivity contribution < 1.29 is 19.4 Å². The van der Waals surface area contributed by atoms with E-state index in [2.05, 4.69) is 32.9 Å². The molecule has 0 saturated heterocycles. The molecule has 1 N–H and O–H groups in total. The van der Waals surface area contributed by atoms with Gasteiger partial charge in [0.2, 0.25) is 0 Å². The molecule has 0 unspecified atom stereocenters. The largest absolute Gasteiger partial charge is 0.478 e. The third kappa shape index (κ3) is 6.93. The molecule has 0 aliphatic carbocycles. The Morgan fingerprint density at radius 1 is 0.828 bits per heavy atom. The summed E-state index contributed by atoms with van der Waals surface area (Å²) in [4.78, 5) is 25.5. The van der Waals surface area contributed by atoms with E-state index in [1.54, 1.807) is 29.2 Å². The molecular formula is C24H31NO4. The van der Waals surface area contributed by atoms with E-state index in [-0.39, 0.29) is 11.0 Å². The van der Waals surface area contributed by atoms with E-state index in [1.165, 1.54) is 5.56 Å². The van der Waals surface area contributed by atoms with Crippen molar-refractivity contribution in [2.45, 2.75) is 65.6 Å². The summed E-state index contributed by atoms with van der Waals surface area (Å²) in [6.07, 6.45) is -0.403. The van der Waals surface area contributed by atoms with E-state index < -0.39 is 17.7 Å². The molecule has 0 fully saturated rings. The summed E-state index contributed by atoms with van der Waals surface area (Å²) in [6.45, 7) is 12.7. The first-order chi connectivity index (χ1) is 13.3. The number of hydrogen-bond donors (Lipinski definition) is 1. The fourth-order valence-electron chi connectivity index (χ4n) is 2.82. The van der Waals surface area contributed by atoms with Gasteiger partial charge in [-0.1, -0.05) is 57.2 Å². The summed E-state index contributed by atoms with van der Waals surface area (Å²) in [7, 11) is 0. The molecule has 2 aromatic rings. The van der Waals surface area contributed by atoms with Crippen LogP contribution in [-0.2, 0) is 23.2 Å². The molecule has 0 radical (unpaired) electrons. The summed E-state index contributed by atoms with van der Waals surface area (Å²) < 4.78 is 5.58. The molecule has 2 aromatic carbocycles. The molecule has 0 aliphatic rings. The third-order valence-corrected chi connectivity index (χ3v) is 4.42. The van der Waals surface area contributed by atoms with Crippen LogP contribution < -0.4 is 0 Å². The van der Waals surface area contributed by atoms with Crippen molar-refractivity contribution in [2.24, 2.45) is 0 Å². The highest BCUT2D eigenvalue weighted by molar-refractivity contribution is 5.87. The lowest BCUT2D eigenvalue weighted by Crippen LogP contribution is -2.36. The second-order valence-electron chi connectivity index (χ2n) is 9.29. The number of carboxylic acid groups (broad SMARTS) is 1. The Bertz CT molecular complexity index is 840. The van der Waals surface area contributed by atoms with E-state index in [0.29, 0.717) is 13.1 Å². The van der Waals surface area contributed by atoms with E-state index in [1.807, 2.05) is 32.9 Å². The SMILES string of the molecule is CC(C)(C)OC(=O)N(Cc1ccc(C(=O)O)cc1)Cc1ccc(C(C)(C)C)cc1. The Balaban J connectivity index is 2.22. The zero-order valence-electron chi connectivity index (χ0n) is 18.2. The molecular weight excluding hydrogens is 366 g/mol.